The van der Waals surface area contributed by atoms with Gasteiger partial charge in [0.05, 0.1) is 11.4 Å². The molecule has 20 heavy (non-hydrogen) atoms. The lowest BCUT2D eigenvalue weighted by Gasteiger charge is -2.02. The van der Waals surface area contributed by atoms with Crippen molar-refractivity contribution in [2.45, 2.75) is 6.92 Å². The second kappa shape index (κ2) is 5.47. The first-order valence-electron chi connectivity index (χ1n) is 6.55. The van der Waals surface area contributed by atoms with Crippen molar-refractivity contribution in [3.8, 4) is 11.3 Å². The van der Waals surface area contributed by atoms with E-state index in [4.69, 9.17) is 4.99 Å². The van der Waals surface area contributed by atoms with Gasteiger partial charge in [-0.3, -0.25) is 0 Å². The molecule has 0 saturated heterocycles. The van der Waals surface area contributed by atoms with E-state index in [2.05, 4.69) is 72.4 Å². The third kappa shape index (κ3) is 2.58. The summed E-state index contributed by atoms with van der Waals surface area (Å²) in [6.07, 6.45) is 0. The Bertz CT molecular complexity index is 765. The van der Waals surface area contributed by atoms with Crippen LogP contribution in [0, 0.1) is 6.92 Å². The predicted molar refractivity (Wildman–Crippen MR) is 85.1 cm³/mol. The van der Waals surface area contributed by atoms with E-state index in [9.17, 15) is 0 Å². The summed E-state index contributed by atoms with van der Waals surface area (Å²) >= 11 is 1.67. The number of rotatable bonds is 2. The molecule has 0 unspecified atom stereocenters. The number of aryl methyl sites for hydroxylation is 1. The van der Waals surface area contributed by atoms with Gasteiger partial charge in [-0.2, -0.15) is 0 Å². The summed E-state index contributed by atoms with van der Waals surface area (Å²) in [5.74, 6) is 0. The summed E-state index contributed by atoms with van der Waals surface area (Å²) in [6, 6.07) is 18.7. The van der Waals surface area contributed by atoms with Crippen LogP contribution in [0.2, 0.25) is 0 Å². The number of benzene rings is 2. The molecule has 0 atom stereocenters. The van der Waals surface area contributed by atoms with E-state index in [0.29, 0.717) is 0 Å². The number of hydrogen-bond acceptors (Lipinski definition) is 2. The lowest BCUT2D eigenvalue weighted by Crippen LogP contribution is -2.10. The Kier molecular flexibility index (Phi) is 3.52. The normalized spacial score (nSPS) is 11.8. The second-order valence-corrected chi connectivity index (χ2v) is 5.61. The first-order valence-corrected chi connectivity index (χ1v) is 7.43. The van der Waals surface area contributed by atoms with Crippen molar-refractivity contribution in [1.82, 2.24) is 4.57 Å². The van der Waals surface area contributed by atoms with Crippen LogP contribution >= 0.6 is 11.3 Å². The van der Waals surface area contributed by atoms with E-state index < -0.39 is 0 Å². The summed E-state index contributed by atoms with van der Waals surface area (Å²) in [5, 5.41) is 2.16. The Morgan fingerprint density at radius 3 is 2.35 bits per heavy atom. The van der Waals surface area contributed by atoms with Crippen molar-refractivity contribution in [2.24, 2.45) is 12.0 Å². The summed E-state index contributed by atoms with van der Waals surface area (Å²) in [5.41, 5.74) is 4.66. The monoisotopic (exact) mass is 280 g/mol. The summed E-state index contributed by atoms with van der Waals surface area (Å²) in [7, 11) is 2.06. The lowest BCUT2D eigenvalue weighted by atomic mass is 10.2. The molecule has 0 N–H and O–H groups in total. The van der Waals surface area contributed by atoms with E-state index >= 15 is 0 Å². The maximum Gasteiger partial charge on any atom is 0.190 e. The number of aromatic nitrogens is 1. The maximum atomic E-state index is 4.71. The van der Waals surface area contributed by atoms with E-state index in [-0.39, 0.29) is 0 Å². The minimum atomic E-state index is 0.993. The Labute approximate surface area is 122 Å². The summed E-state index contributed by atoms with van der Waals surface area (Å²) in [6.45, 7) is 2.09. The third-order valence-corrected chi connectivity index (χ3v) is 4.17. The van der Waals surface area contributed by atoms with Crippen LogP contribution in [0.1, 0.15) is 5.56 Å². The highest BCUT2D eigenvalue weighted by atomic mass is 32.1. The molecule has 2 aromatic carbocycles. The molecule has 0 spiro atoms. The van der Waals surface area contributed by atoms with Crippen LogP contribution in [0.4, 0.5) is 5.69 Å². The minimum Gasteiger partial charge on any atom is -0.320 e. The quantitative estimate of drug-likeness (QED) is 0.666. The van der Waals surface area contributed by atoms with Crippen LogP contribution in [0.3, 0.4) is 0 Å². The van der Waals surface area contributed by atoms with E-state index in [1.54, 1.807) is 11.3 Å². The van der Waals surface area contributed by atoms with Gasteiger partial charge in [0.25, 0.3) is 0 Å². The molecule has 3 heteroatoms. The zero-order valence-corrected chi connectivity index (χ0v) is 12.4. The molecule has 0 aliphatic carbocycles. The molecule has 0 bridgehead atoms. The van der Waals surface area contributed by atoms with E-state index in [1.165, 1.54) is 16.8 Å². The smallest absolute Gasteiger partial charge is 0.190 e. The fourth-order valence-corrected chi connectivity index (χ4v) is 3.00. The molecule has 0 amide bonds. The largest absolute Gasteiger partial charge is 0.320 e. The van der Waals surface area contributed by atoms with Crippen LogP contribution in [-0.4, -0.2) is 4.57 Å². The standard InChI is InChI=1S/C17H16N2S/c1-13-8-10-15(11-9-13)18-17-19(2)16(12-20-17)14-6-4-3-5-7-14/h3-12H,1-2H3. The average Bonchev–Trinajstić information content (AvgIpc) is 2.84. The van der Waals surface area contributed by atoms with Gasteiger partial charge in [-0.1, -0.05) is 48.0 Å². The number of thiazole rings is 1. The van der Waals surface area contributed by atoms with Gasteiger partial charge in [-0.15, -0.1) is 11.3 Å². The first kappa shape index (κ1) is 12.9. The lowest BCUT2D eigenvalue weighted by molar-refractivity contribution is 0.883. The molecule has 3 rings (SSSR count). The molecule has 0 saturated carbocycles. The second-order valence-electron chi connectivity index (χ2n) is 4.78. The van der Waals surface area contributed by atoms with Crippen molar-refractivity contribution in [1.29, 1.82) is 0 Å². The molecule has 2 nitrogen and oxygen atoms in total. The Balaban J connectivity index is 2.04. The SMILES string of the molecule is Cc1ccc(N=c2scc(-c3ccccc3)n2C)cc1. The molecule has 100 valence electrons. The third-order valence-electron chi connectivity index (χ3n) is 3.25. The van der Waals surface area contributed by atoms with Gasteiger partial charge in [0.2, 0.25) is 0 Å². The fourth-order valence-electron chi connectivity index (χ4n) is 2.07. The van der Waals surface area contributed by atoms with Gasteiger partial charge in [0, 0.05) is 12.4 Å². The highest BCUT2D eigenvalue weighted by Crippen LogP contribution is 2.19. The van der Waals surface area contributed by atoms with Gasteiger partial charge >= 0.3 is 0 Å². The zero-order valence-electron chi connectivity index (χ0n) is 11.6. The highest BCUT2D eigenvalue weighted by Gasteiger charge is 2.03. The van der Waals surface area contributed by atoms with Gasteiger partial charge < -0.3 is 4.57 Å². The predicted octanol–water partition coefficient (Wildman–Crippen LogP) is 4.29. The van der Waals surface area contributed by atoms with E-state index in [0.717, 1.165) is 10.5 Å². The highest BCUT2D eigenvalue weighted by molar-refractivity contribution is 7.07. The van der Waals surface area contributed by atoms with E-state index in [1.807, 2.05) is 6.07 Å². The molecule has 0 aliphatic heterocycles. The molecular weight excluding hydrogens is 264 g/mol. The van der Waals surface area contributed by atoms with Crippen LogP contribution < -0.4 is 4.80 Å². The minimum absolute atomic E-state index is 0.993. The van der Waals surface area contributed by atoms with Crippen LogP contribution in [0.5, 0.6) is 0 Å². The van der Waals surface area contributed by atoms with Crippen molar-refractivity contribution in [2.75, 3.05) is 0 Å². The van der Waals surface area contributed by atoms with Crippen molar-refractivity contribution in [3.05, 3.63) is 70.3 Å². The van der Waals surface area contributed by atoms with Crippen molar-refractivity contribution >= 4 is 17.0 Å². The fraction of sp³-hybridized carbons (Fsp3) is 0.118. The van der Waals surface area contributed by atoms with Gasteiger partial charge in [0.15, 0.2) is 4.80 Å². The van der Waals surface area contributed by atoms with Crippen molar-refractivity contribution < 1.29 is 0 Å². The molecule has 0 radical (unpaired) electrons. The van der Waals surface area contributed by atoms with Gasteiger partial charge in [-0.25, -0.2) is 4.99 Å². The maximum absolute atomic E-state index is 4.71. The molecule has 3 aromatic rings. The van der Waals surface area contributed by atoms with Crippen LogP contribution in [0.25, 0.3) is 11.3 Å². The Hall–Kier alpha value is -2.13. The molecule has 0 aliphatic rings. The molecule has 1 aromatic heterocycles. The Morgan fingerprint density at radius 2 is 1.65 bits per heavy atom. The van der Waals surface area contributed by atoms with Gasteiger partial charge in [-0.05, 0) is 24.6 Å². The zero-order chi connectivity index (χ0) is 13.9. The topological polar surface area (TPSA) is 17.3 Å². The summed E-state index contributed by atoms with van der Waals surface area (Å²) in [4.78, 5) is 5.72. The van der Waals surface area contributed by atoms with Crippen LogP contribution in [-0.2, 0) is 7.05 Å². The van der Waals surface area contributed by atoms with Crippen LogP contribution in [0.15, 0.2) is 65.0 Å². The number of nitrogens with zero attached hydrogens (tertiary/aromatic N) is 2. The number of hydrogen-bond donors (Lipinski definition) is 0. The first-order chi connectivity index (χ1) is 9.74. The summed E-state index contributed by atoms with van der Waals surface area (Å²) < 4.78 is 2.14. The molecule has 0 fully saturated rings. The van der Waals surface area contributed by atoms with Crippen molar-refractivity contribution in [3.63, 3.8) is 0 Å². The Morgan fingerprint density at radius 1 is 0.950 bits per heavy atom. The van der Waals surface area contributed by atoms with Gasteiger partial charge in [0.1, 0.15) is 0 Å². The molecule has 1 heterocycles. The molecular formula is C17H16N2S. The average molecular weight is 280 g/mol.